The Kier molecular flexibility index (Phi) is 8.05. The molecule has 12 heteroatoms. The Balaban J connectivity index is 1.75. The van der Waals surface area contributed by atoms with Gasteiger partial charge in [-0.3, -0.25) is 0 Å². The maximum Gasteiger partial charge on any atom is 0.335 e. The van der Waals surface area contributed by atoms with E-state index in [1.807, 2.05) is 0 Å². The highest BCUT2D eigenvalue weighted by molar-refractivity contribution is 5.88. The Morgan fingerprint density at radius 3 is 1.73 bits per heavy atom. The lowest BCUT2D eigenvalue weighted by atomic mass is 9.79. The van der Waals surface area contributed by atoms with Gasteiger partial charge in [-0.15, -0.1) is 0 Å². The van der Waals surface area contributed by atoms with Gasteiger partial charge in [0.25, 0.3) is 0 Å². The third-order valence-electron chi connectivity index (χ3n) is 5.57. The minimum Gasteiger partial charge on any atom is -0.504 e. The Labute approximate surface area is 209 Å². The van der Waals surface area contributed by atoms with Crippen molar-refractivity contribution in [3.05, 3.63) is 59.7 Å². The number of aliphatic hydroxyl groups is 2. The number of hydrogen-bond acceptors (Lipinski definition) is 11. The van der Waals surface area contributed by atoms with Gasteiger partial charge in [0.2, 0.25) is 0 Å². The van der Waals surface area contributed by atoms with Crippen molar-refractivity contribution in [2.24, 2.45) is 0 Å². The number of aliphatic carboxylic acids is 1. The fraction of sp³-hybridized carbons (Fsp3) is 0.240. The summed E-state index contributed by atoms with van der Waals surface area (Å²) in [6.45, 7) is 0. The molecule has 1 aliphatic rings. The van der Waals surface area contributed by atoms with E-state index in [1.165, 1.54) is 42.5 Å². The second kappa shape index (κ2) is 11.0. The number of benzene rings is 2. The van der Waals surface area contributed by atoms with E-state index in [0.29, 0.717) is 11.1 Å². The summed E-state index contributed by atoms with van der Waals surface area (Å²) in [5.74, 6) is -5.29. The van der Waals surface area contributed by atoms with Gasteiger partial charge in [-0.2, -0.15) is 0 Å². The van der Waals surface area contributed by atoms with Crippen LogP contribution in [0.3, 0.4) is 0 Å². The van der Waals surface area contributed by atoms with Crippen LogP contribution in [-0.4, -0.2) is 77.6 Å². The summed E-state index contributed by atoms with van der Waals surface area (Å²) < 4.78 is 10.4. The number of aliphatic hydroxyl groups excluding tert-OH is 1. The van der Waals surface area contributed by atoms with Gasteiger partial charge in [-0.25, -0.2) is 14.4 Å². The molecule has 3 rings (SSSR count). The molecule has 1 aliphatic carbocycles. The molecule has 2 aromatic rings. The fourth-order valence-electron chi connectivity index (χ4n) is 3.66. The zero-order valence-corrected chi connectivity index (χ0v) is 19.1. The van der Waals surface area contributed by atoms with Gasteiger partial charge in [0.05, 0.1) is 6.10 Å². The van der Waals surface area contributed by atoms with E-state index < -0.39 is 66.2 Å². The maximum atomic E-state index is 12.4. The Morgan fingerprint density at radius 1 is 0.784 bits per heavy atom. The molecule has 2 aromatic carbocycles. The number of hydrogen-bond donors (Lipinski definition) is 7. The first kappa shape index (κ1) is 27.0. The summed E-state index contributed by atoms with van der Waals surface area (Å²) in [5.41, 5.74) is -1.82. The number of rotatable bonds is 7. The number of phenolic OH excluding ortho intramolecular Hbond substituents is 4. The van der Waals surface area contributed by atoms with Crippen molar-refractivity contribution in [2.75, 3.05) is 0 Å². The molecule has 0 aliphatic heterocycles. The van der Waals surface area contributed by atoms with Gasteiger partial charge < -0.3 is 45.2 Å². The maximum absolute atomic E-state index is 12.4. The average molecular weight is 516 g/mol. The van der Waals surface area contributed by atoms with Gasteiger partial charge >= 0.3 is 17.9 Å². The van der Waals surface area contributed by atoms with Crippen LogP contribution in [0.2, 0.25) is 0 Å². The molecule has 1 saturated carbocycles. The summed E-state index contributed by atoms with van der Waals surface area (Å²) in [7, 11) is 0. The summed E-state index contributed by atoms with van der Waals surface area (Å²) in [6.07, 6.45) is -1.86. The Morgan fingerprint density at radius 2 is 1.27 bits per heavy atom. The number of ether oxygens (including phenoxy) is 2. The first-order chi connectivity index (χ1) is 17.4. The van der Waals surface area contributed by atoms with Crippen LogP contribution in [0.1, 0.15) is 24.0 Å². The van der Waals surface area contributed by atoms with E-state index in [9.17, 15) is 50.1 Å². The van der Waals surface area contributed by atoms with Crippen molar-refractivity contribution in [3.63, 3.8) is 0 Å². The van der Waals surface area contributed by atoms with Crippen molar-refractivity contribution >= 4 is 30.1 Å². The lowest BCUT2D eigenvalue weighted by Gasteiger charge is -2.40. The van der Waals surface area contributed by atoms with Crippen LogP contribution in [0.4, 0.5) is 0 Å². The minimum atomic E-state index is -2.46. The number of aromatic hydroxyl groups is 4. The average Bonchev–Trinajstić information content (AvgIpc) is 2.82. The van der Waals surface area contributed by atoms with E-state index in [1.54, 1.807) is 0 Å². The van der Waals surface area contributed by atoms with Crippen molar-refractivity contribution in [1.82, 2.24) is 0 Å². The molecule has 0 radical (unpaired) electrons. The second-order valence-electron chi connectivity index (χ2n) is 8.35. The van der Waals surface area contributed by atoms with Crippen LogP contribution in [0.25, 0.3) is 12.2 Å². The summed E-state index contributed by atoms with van der Waals surface area (Å²) in [6, 6.07) is 7.50. The SMILES string of the molecule is O=C(C=Cc1ccc(O)c(O)c1)O[C@@H]1[C@H](O)C[C@@](O)(C(=O)O)C[C@H]1OC(=O)C=Cc1ccc(O)c(O)c1. The molecule has 0 unspecified atom stereocenters. The normalized spacial score (nSPS) is 23.7. The van der Waals surface area contributed by atoms with Crippen LogP contribution < -0.4 is 0 Å². The molecule has 4 atom stereocenters. The number of carbonyl (C=O) groups is 3. The summed E-state index contributed by atoms with van der Waals surface area (Å²) >= 11 is 0. The van der Waals surface area contributed by atoms with E-state index >= 15 is 0 Å². The van der Waals surface area contributed by atoms with E-state index in [-0.39, 0.29) is 11.5 Å². The summed E-state index contributed by atoms with van der Waals surface area (Å²) in [5, 5.41) is 68.0. The minimum absolute atomic E-state index is 0.311. The number of esters is 2. The van der Waals surface area contributed by atoms with Gasteiger partial charge in [0, 0.05) is 25.0 Å². The molecule has 0 aromatic heterocycles. The number of carboxylic acid groups (broad SMARTS) is 1. The number of carbonyl (C=O) groups excluding carboxylic acids is 2. The second-order valence-corrected chi connectivity index (χ2v) is 8.35. The standard InChI is InChI=1S/C25H24O12/c26-15-5-1-13(9-17(15)28)3-7-21(31)36-20-12-25(35,24(33)34)11-19(30)23(20)37-22(32)8-4-14-2-6-16(27)18(29)10-14/h1-10,19-20,23,26-30,35H,11-12H2,(H,33,34)/t19-,20-,23-,25+/m1/s1. The smallest absolute Gasteiger partial charge is 0.335 e. The number of carboxylic acids is 1. The van der Waals surface area contributed by atoms with Crippen LogP contribution >= 0.6 is 0 Å². The largest absolute Gasteiger partial charge is 0.504 e. The van der Waals surface area contributed by atoms with Crippen molar-refractivity contribution in [2.45, 2.75) is 36.8 Å². The molecule has 1 fully saturated rings. The van der Waals surface area contributed by atoms with Crippen molar-refractivity contribution in [3.8, 4) is 23.0 Å². The predicted molar refractivity (Wildman–Crippen MR) is 125 cm³/mol. The predicted octanol–water partition coefficient (Wildman–Crippen LogP) is 1.03. The van der Waals surface area contributed by atoms with Gasteiger partial charge in [-0.05, 0) is 47.5 Å². The third-order valence-corrected chi connectivity index (χ3v) is 5.57. The molecule has 12 nitrogen and oxygen atoms in total. The zero-order valence-electron chi connectivity index (χ0n) is 19.1. The van der Waals surface area contributed by atoms with Crippen molar-refractivity contribution < 1.29 is 59.6 Å². The van der Waals surface area contributed by atoms with Gasteiger partial charge in [0.15, 0.2) is 34.7 Å². The molecular weight excluding hydrogens is 492 g/mol. The monoisotopic (exact) mass is 516 g/mol. The van der Waals surface area contributed by atoms with Crippen LogP contribution in [0.5, 0.6) is 23.0 Å². The molecule has 37 heavy (non-hydrogen) atoms. The molecule has 196 valence electrons. The fourth-order valence-corrected chi connectivity index (χ4v) is 3.66. The highest BCUT2D eigenvalue weighted by atomic mass is 16.6. The van der Waals surface area contributed by atoms with E-state index in [0.717, 1.165) is 18.2 Å². The van der Waals surface area contributed by atoms with Gasteiger partial charge in [-0.1, -0.05) is 12.1 Å². The molecule has 0 amide bonds. The highest BCUT2D eigenvalue weighted by Crippen LogP contribution is 2.33. The quantitative estimate of drug-likeness (QED) is 0.156. The number of phenols is 4. The molecule has 0 heterocycles. The van der Waals surface area contributed by atoms with E-state index in [2.05, 4.69) is 0 Å². The van der Waals surface area contributed by atoms with E-state index in [4.69, 9.17) is 9.47 Å². The Hall–Kier alpha value is -4.55. The molecule has 7 N–H and O–H groups in total. The molecular formula is C25H24O12. The topological polar surface area (TPSA) is 211 Å². The lowest BCUT2D eigenvalue weighted by Crippen LogP contribution is -2.58. The third kappa shape index (κ3) is 6.78. The highest BCUT2D eigenvalue weighted by Gasteiger charge is 2.52. The van der Waals surface area contributed by atoms with Crippen LogP contribution in [0.15, 0.2) is 48.6 Å². The first-order valence-corrected chi connectivity index (χ1v) is 10.8. The van der Waals surface area contributed by atoms with Crippen LogP contribution in [0, 0.1) is 0 Å². The van der Waals surface area contributed by atoms with Crippen molar-refractivity contribution in [1.29, 1.82) is 0 Å². The van der Waals surface area contributed by atoms with Gasteiger partial charge in [0.1, 0.15) is 6.10 Å². The van der Waals surface area contributed by atoms with Crippen LogP contribution in [-0.2, 0) is 23.9 Å². The molecule has 0 spiro atoms. The first-order valence-electron chi connectivity index (χ1n) is 10.8. The zero-order chi connectivity index (χ0) is 27.3. The summed E-state index contributed by atoms with van der Waals surface area (Å²) in [4.78, 5) is 36.3. The molecule has 0 saturated heterocycles. The molecule has 0 bridgehead atoms. The lowest BCUT2D eigenvalue weighted by molar-refractivity contribution is -0.204. The Bertz CT molecular complexity index is 1250.